The van der Waals surface area contributed by atoms with Crippen LogP contribution >= 0.6 is 0 Å². The minimum atomic E-state index is -0.718. The van der Waals surface area contributed by atoms with E-state index in [1.54, 1.807) is 6.07 Å². The summed E-state index contributed by atoms with van der Waals surface area (Å²) in [5, 5.41) is 9.56. The van der Waals surface area contributed by atoms with E-state index in [0.717, 1.165) is 18.0 Å². The largest absolute Gasteiger partial charge is 0.455 e. The number of fused-ring (bicyclic) bond motifs is 1. The van der Waals surface area contributed by atoms with Crippen molar-refractivity contribution in [2.24, 2.45) is 0 Å². The molecular formula is C24H22FN7O3. The maximum Gasteiger partial charge on any atom is 0.324 e. The Hall–Kier alpha value is -4.72. The molecule has 0 aliphatic heterocycles. The number of nitrogens with one attached hydrogen (secondary N) is 3. The van der Waals surface area contributed by atoms with Crippen molar-refractivity contribution in [3.05, 3.63) is 64.6 Å². The second-order valence-electron chi connectivity index (χ2n) is 8.60. The highest BCUT2D eigenvalue weighted by Gasteiger charge is 2.21. The van der Waals surface area contributed by atoms with E-state index in [4.69, 9.17) is 11.2 Å². The van der Waals surface area contributed by atoms with E-state index in [1.807, 2.05) is 20.8 Å². The SMILES string of the molecule is C#CCn1nc(C(C)(C)C)cc1NC(=O)Nc1ccc(Oc2ccnc3[nH]c(=O)cnc23)cc1F. The molecular weight excluding hydrogens is 453 g/mol. The minimum absolute atomic E-state index is 0.0593. The number of anilines is 2. The fourth-order valence-electron chi connectivity index (χ4n) is 3.16. The van der Waals surface area contributed by atoms with Gasteiger partial charge < -0.3 is 15.0 Å². The van der Waals surface area contributed by atoms with Gasteiger partial charge in [0, 0.05) is 29.8 Å². The zero-order chi connectivity index (χ0) is 25.2. The predicted molar refractivity (Wildman–Crippen MR) is 129 cm³/mol. The molecule has 0 aliphatic carbocycles. The Balaban J connectivity index is 1.49. The van der Waals surface area contributed by atoms with Crippen LogP contribution in [0.1, 0.15) is 26.5 Å². The lowest BCUT2D eigenvalue weighted by Crippen LogP contribution is -2.22. The molecule has 2 amide bonds. The van der Waals surface area contributed by atoms with Gasteiger partial charge in [0.1, 0.15) is 29.4 Å². The average molecular weight is 475 g/mol. The van der Waals surface area contributed by atoms with Crippen molar-refractivity contribution in [2.75, 3.05) is 10.6 Å². The van der Waals surface area contributed by atoms with E-state index in [2.05, 4.69) is 36.6 Å². The summed E-state index contributed by atoms with van der Waals surface area (Å²) in [4.78, 5) is 34.6. The zero-order valence-electron chi connectivity index (χ0n) is 19.2. The summed E-state index contributed by atoms with van der Waals surface area (Å²) in [6.45, 7) is 6.13. The molecule has 1 aromatic carbocycles. The summed E-state index contributed by atoms with van der Waals surface area (Å²) in [6, 6.07) is 6.57. The molecule has 35 heavy (non-hydrogen) atoms. The molecule has 0 fully saturated rings. The quantitative estimate of drug-likeness (QED) is 0.374. The third-order valence-corrected chi connectivity index (χ3v) is 4.89. The van der Waals surface area contributed by atoms with Crippen molar-refractivity contribution >= 4 is 28.7 Å². The Labute approximate surface area is 199 Å². The van der Waals surface area contributed by atoms with Gasteiger partial charge in [-0.05, 0) is 12.1 Å². The number of hydrogen-bond acceptors (Lipinski definition) is 6. The Morgan fingerprint density at radius 3 is 2.74 bits per heavy atom. The van der Waals surface area contributed by atoms with Crippen LogP contribution in [0.4, 0.5) is 20.7 Å². The number of nitrogens with zero attached hydrogens (tertiary/aromatic N) is 4. The molecule has 0 saturated carbocycles. The van der Waals surface area contributed by atoms with E-state index in [1.165, 1.54) is 29.1 Å². The van der Waals surface area contributed by atoms with Crippen LogP contribution in [0.5, 0.6) is 11.5 Å². The van der Waals surface area contributed by atoms with Gasteiger partial charge in [0.15, 0.2) is 11.4 Å². The average Bonchev–Trinajstić information content (AvgIpc) is 3.18. The van der Waals surface area contributed by atoms with Crippen molar-refractivity contribution < 1.29 is 13.9 Å². The molecule has 178 valence electrons. The number of hydrogen-bond donors (Lipinski definition) is 3. The number of amides is 2. The summed E-state index contributed by atoms with van der Waals surface area (Å²) in [5.74, 6) is 2.60. The summed E-state index contributed by atoms with van der Waals surface area (Å²) in [5.41, 5.74) is 0.587. The van der Waals surface area contributed by atoms with Gasteiger partial charge in [0.25, 0.3) is 5.56 Å². The molecule has 4 aromatic rings. The number of aromatic nitrogens is 5. The Morgan fingerprint density at radius 1 is 1.23 bits per heavy atom. The molecule has 3 N–H and O–H groups in total. The molecule has 0 saturated heterocycles. The molecule has 3 aromatic heterocycles. The topological polar surface area (TPSA) is 127 Å². The molecule has 0 bridgehead atoms. The summed E-state index contributed by atoms with van der Waals surface area (Å²) in [6.07, 6.45) is 7.94. The molecule has 11 heteroatoms. The lowest BCUT2D eigenvalue weighted by Gasteiger charge is -2.13. The number of carbonyl (C=O) groups is 1. The normalized spacial score (nSPS) is 11.2. The fourth-order valence-corrected chi connectivity index (χ4v) is 3.16. The van der Waals surface area contributed by atoms with Gasteiger partial charge in [-0.3, -0.25) is 10.1 Å². The van der Waals surface area contributed by atoms with Crippen molar-refractivity contribution in [2.45, 2.75) is 32.7 Å². The van der Waals surface area contributed by atoms with Crippen molar-refractivity contribution in [3.63, 3.8) is 0 Å². The highest BCUT2D eigenvalue weighted by Crippen LogP contribution is 2.29. The van der Waals surface area contributed by atoms with E-state index in [0.29, 0.717) is 11.3 Å². The maximum atomic E-state index is 14.7. The van der Waals surface area contributed by atoms with Gasteiger partial charge in [-0.15, -0.1) is 6.42 Å². The number of carbonyl (C=O) groups excluding carboxylic acids is 1. The molecule has 10 nitrogen and oxygen atoms in total. The number of benzene rings is 1. The van der Waals surface area contributed by atoms with Crippen LogP contribution in [0.2, 0.25) is 0 Å². The molecule has 0 unspecified atom stereocenters. The number of rotatable bonds is 5. The fraction of sp³-hybridized carbons (Fsp3) is 0.208. The minimum Gasteiger partial charge on any atom is -0.455 e. The maximum absolute atomic E-state index is 14.7. The second-order valence-corrected chi connectivity index (χ2v) is 8.60. The first-order valence-electron chi connectivity index (χ1n) is 10.6. The number of ether oxygens (including phenoxy) is 1. The second kappa shape index (κ2) is 9.26. The highest BCUT2D eigenvalue weighted by atomic mass is 19.1. The molecule has 4 rings (SSSR count). The van der Waals surface area contributed by atoms with Crippen LogP contribution in [0.25, 0.3) is 11.2 Å². The predicted octanol–water partition coefficient (Wildman–Crippen LogP) is 4.02. The first-order valence-corrected chi connectivity index (χ1v) is 10.6. The van der Waals surface area contributed by atoms with Gasteiger partial charge in [0.2, 0.25) is 0 Å². The van der Waals surface area contributed by atoms with Gasteiger partial charge in [0.05, 0.1) is 17.6 Å². The molecule has 0 aliphatic rings. The first kappa shape index (κ1) is 23.4. The van der Waals surface area contributed by atoms with Gasteiger partial charge in [-0.2, -0.15) is 5.10 Å². The number of H-pyrrole nitrogens is 1. The molecule has 3 heterocycles. The van der Waals surface area contributed by atoms with Gasteiger partial charge >= 0.3 is 6.03 Å². The monoisotopic (exact) mass is 475 g/mol. The van der Waals surface area contributed by atoms with Gasteiger partial charge in [-0.1, -0.05) is 26.7 Å². The number of pyridine rings is 1. The first-order chi connectivity index (χ1) is 16.6. The standard InChI is InChI=1S/C24H22FN7O3/c1-5-10-32-19(12-18(31-32)24(2,3)4)29-23(34)28-16-7-6-14(11-15(16)25)35-17-8-9-26-22-21(17)27-13-20(33)30-22/h1,6-9,11-13H,10H2,2-4H3,(H,26,30,33)(H2,28,29,34). The lowest BCUT2D eigenvalue weighted by atomic mass is 9.92. The van der Waals surface area contributed by atoms with E-state index < -0.39 is 17.4 Å². The Bertz CT molecular complexity index is 1510. The molecule has 0 spiro atoms. The third-order valence-electron chi connectivity index (χ3n) is 4.89. The number of aromatic amines is 1. The Kier molecular flexibility index (Phi) is 6.20. The van der Waals surface area contributed by atoms with Crippen molar-refractivity contribution in [1.29, 1.82) is 0 Å². The Morgan fingerprint density at radius 2 is 2.03 bits per heavy atom. The molecule has 0 atom stereocenters. The smallest absolute Gasteiger partial charge is 0.324 e. The van der Waals surface area contributed by atoms with Crippen molar-refractivity contribution in [1.82, 2.24) is 24.7 Å². The summed E-state index contributed by atoms with van der Waals surface area (Å²) in [7, 11) is 0. The summed E-state index contributed by atoms with van der Waals surface area (Å²) >= 11 is 0. The molecule has 0 radical (unpaired) electrons. The number of urea groups is 1. The third kappa shape index (κ3) is 5.27. The van der Waals surface area contributed by atoms with Crippen molar-refractivity contribution in [3.8, 4) is 23.8 Å². The van der Waals surface area contributed by atoms with E-state index in [9.17, 15) is 14.0 Å². The number of terminal acetylenes is 1. The van der Waals surface area contributed by atoms with E-state index in [-0.39, 0.29) is 34.8 Å². The van der Waals surface area contributed by atoms with Crippen LogP contribution in [0, 0.1) is 18.2 Å². The van der Waals surface area contributed by atoms with Crippen LogP contribution in [-0.2, 0) is 12.0 Å². The van der Waals surface area contributed by atoms with Crippen LogP contribution in [0.15, 0.2) is 47.5 Å². The van der Waals surface area contributed by atoms with Crippen LogP contribution < -0.4 is 20.9 Å². The van der Waals surface area contributed by atoms with Crippen LogP contribution in [-0.4, -0.2) is 30.8 Å². The summed E-state index contributed by atoms with van der Waals surface area (Å²) < 4.78 is 22.0. The number of halogens is 1. The van der Waals surface area contributed by atoms with Crippen LogP contribution in [0.3, 0.4) is 0 Å². The highest BCUT2D eigenvalue weighted by molar-refractivity contribution is 5.99. The van der Waals surface area contributed by atoms with E-state index >= 15 is 0 Å². The zero-order valence-corrected chi connectivity index (χ0v) is 19.2. The lowest BCUT2D eigenvalue weighted by molar-refractivity contribution is 0.262. The van der Waals surface area contributed by atoms with Gasteiger partial charge in [-0.25, -0.2) is 23.8 Å².